The van der Waals surface area contributed by atoms with Gasteiger partial charge in [0.25, 0.3) is 0 Å². The number of nitrogens with zero attached hydrogens (tertiary/aromatic N) is 1. The van der Waals surface area contributed by atoms with Gasteiger partial charge in [-0.2, -0.15) is 11.8 Å². The second kappa shape index (κ2) is 5.45. The van der Waals surface area contributed by atoms with Gasteiger partial charge in [0.1, 0.15) is 5.75 Å². The molecule has 0 radical (unpaired) electrons. The summed E-state index contributed by atoms with van der Waals surface area (Å²) in [4.78, 5) is 13.9. The normalized spacial score (nSPS) is 14.4. The summed E-state index contributed by atoms with van der Waals surface area (Å²) in [5, 5.41) is 0. The first-order valence-corrected chi connectivity index (χ1v) is 7.12. The first-order chi connectivity index (χ1) is 8.26. The number of ether oxygens (including phenoxy) is 1. The standard InChI is InChI=1S/C13H17NO2S/c1-16-11-5-6-12-10(8-11)4-3-7-14(12)13(15)9-17-2/h5-6,8H,3-4,7,9H2,1-2H3. The number of anilines is 1. The zero-order chi connectivity index (χ0) is 12.3. The average Bonchev–Trinajstić information content (AvgIpc) is 2.37. The van der Waals surface area contributed by atoms with E-state index in [2.05, 4.69) is 0 Å². The quantitative estimate of drug-likeness (QED) is 0.826. The van der Waals surface area contributed by atoms with Crippen molar-refractivity contribution in [3.8, 4) is 5.75 Å². The Morgan fingerprint density at radius 3 is 3.06 bits per heavy atom. The van der Waals surface area contributed by atoms with Gasteiger partial charge in [0.15, 0.2) is 0 Å². The molecule has 0 fully saturated rings. The molecule has 0 atom stereocenters. The van der Waals surface area contributed by atoms with Crippen LogP contribution in [0.15, 0.2) is 18.2 Å². The van der Waals surface area contributed by atoms with E-state index in [9.17, 15) is 4.79 Å². The molecule has 2 rings (SSSR count). The van der Waals surface area contributed by atoms with Crippen molar-refractivity contribution in [2.75, 3.05) is 30.6 Å². The molecule has 0 aliphatic carbocycles. The van der Waals surface area contributed by atoms with Crippen LogP contribution in [-0.4, -0.2) is 31.6 Å². The van der Waals surface area contributed by atoms with Gasteiger partial charge in [0.2, 0.25) is 5.91 Å². The molecule has 0 aromatic heterocycles. The van der Waals surface area contributed by atoms with Crippen LogP contribution in [0.4, 0.5) is 5.69 Å². The maximum atomic E-state index is 12.0. The van der Waals surface area contributed by atoms with Gasteiger partial charge in [-0.25, -0.2) is 0 Å². The van der Waals surface area contributed by atoms with Crippen LogP contribution in [0.2, 0.25) is 0 Å². The molecule has 3 nitrogen and oxygen atoms in total. The number of fused-ring (bicyclic) bond motifs is 1. The molecule has 0 saturated heterocycles. The Kier molecular flexibility index (Phi) is 3.94. The van der Waals surface area contributed by atoms with Crippen LogP contribution >= 0.6 is 11.8 Å². The second-order valence-electron chi connectivity index (χ2n) is 4.08. The fourth-order valence-electron chi connectivity index (χ4n) is 2.16. The number of hydrogen-bond donors (Lipinski definition) is 0. The number of thioether (sulfide) groups is 1. The Bertz CT molecular complexity index is 420. The largest absolute Gasteiger partial charge is 0.497 e. The van der Waals surface area contributed by atoms with Crippen molar-refractivity contribution < 1.29 is 9.53 Å². The van der Waals surface area contributed by atoms with Gasteiger partial charge >= 0.3 is 0 Å². The third-order valence-electron chi connectivity index (χ3n) is 2.97. The van der Waals surface area contributed by atoms with Crippen LogP contribution in [0.25, 0.3) is 0 Å². The molecule has 0 bridgehead atoms. The minimum absolute atomic E-state index is 0.198. The second-order valence-corrected chi connectivity index (χ2v) is 4.94. The number of carbonyl (C=O) groups is 1. The summed E-state index contributed by atoms with van der Waals surface area (Å²) in [6.07, 6.45) is 4.01. The van der Waals surface area contributed by atoms with Gasteiger partial charge in [-0.3, -0.25) is 4.79 Å². The fraction of sp³-hybridized carbons (Fsp3) is 0.462. The molecular formula is C13H17NO2S. The van der Waals surface area contributed by atoms with Gasteiger partial charge in [0.05, 0.1) is 12.9 Å². The van der Waals surface area contributed by atoms with Gasteiger partial charge in [-0.1, -0.05) is 0 Å². The highest BCUT2D eigenvalue weighted by Crippen LogP contribution is 2.30. The van der Waals surface area contributed by atoms with E-state index in [0.29, 0.717) is 5.75 Å². The van der Waals surface area contributed by atoms with Gasteiger partial charge in [0, 0.05) is 12.2 Å². The van der Waals surface area contributed by atoms with Crippen molar-refractivity contribution in [2.24, 2.45) is 0 Å². The maximum Gasteiger partial charge on any atom is 0.236 e. The number of hydrogen-bond acceptors (Lipinski definition) is 3. The van der Waals surface area contributed by atoms with Crippen molar-refractivity contribution in [3.05, 3.63) is 23.8 Å². The number of aryl methyl sites for hydroxylation is 1. The molecule has 1 amide bonds. The molecule has 17 heavy (non-hydrogen) atoms. The predicted octanol–water partition coefficient (Wildman–Crippen LogP) is 2.34. The number of rotatable bonds is 3. The highest BCUT2D eigenvalue weighted by atomic mass is 32.2. The predicted molar refractivity (Wildman–Crippen MR) is 72.1 cm³/mol. The van der Waals surface area contributed by atoms with E-state index >= 15 is 0 Å². The zero-order valence-corrected chi connectivity index (χ0v) is 11.0. The van der Waals surface area contributed by atoms with E-state index in [0.717, 1.165) is 30.8 Å². The van der Waals surface area contributed by atoms with Crippen LogP contribution in [0.1, 0.15) is 12.0 Å². The first kappa shape index (κ1) is 12.3. The molecule has 0 unspecified atom stereocenters. The van der Waals surface area contributed by atoms with E-state index in [1.165, 1.54) is 5.56 Å². The molecule has 0 N–H and O–H groups in total. The van der Waals surface area contributed by atoms with Crippen molar-refractivity contribution in [1.82, 2.24) is 0 Å². The molecule has 1 aromatic rings. The SMILES string of the molecule is COc1ccc2c(c1)CCCN2C(=O)CSC. The summed E-state index contributed by atoms with van der Waals surface area (Å²) in [5.74, 6) is 1.61. The van der Waals surface area contributed by atoms with Crippen LogP contribution in [0, 0.1) is 0 Å². The van der Waals surface area contributed by atoms with E-state index in [1.807, 2.05) is 29.4 Å². The average molecular weight is 251 g/mol. The Balaban J connectivity index is 2.28. The monoisotopic (exact) mass is 251 g/mol. The number of carbonyl (C=O) groups excluding carboxylic acids is 1. The minimum atomic E-state index is 0.198. The van der Waals surface area contributed by atoms with E-state index in [-0.39, 0.29) is 5.91 Å². The highest BCUT2D eigenvalue weighted by molar-refractivity contribution is 7.99. The van der Waals surface area contributed by atoms with Crippen molar-refractivity contribution in [3.63, 3.8) is 0 Å². The summed E-state index contributed by atoms with van der Waals surface area (Å²) in [6.45, 7) is 0.832. The van der Waals surface area contributed by atoms with Crippen LogP contribution in [0.3, 0.4) is 0 Å². The summed E-state index contributed by atoms with van der Waals surface area (Å²) in [5.41, 5.74) is 2.26. The third-order valence-corrected chi connectivity index (χ3v) is 3.51. The Labute approximate surface area is 106 Å². The topological polar surface area (TPSA) is 29.5 Å². The minimum Gasteiger partial charge on any atom is -0.497 e. The zero-order valence-electron chi connectivity index (χ0n) is 10.2. The fourth-order valence-corrected chi connectivity index (χ4v) is 2.56. The molecule has 1 aliphatic heterocycles. The Hall–Kier alpha value is -1.16. The molecule has 0 spiro atoms. The molecule has 1 aliphatic rings. The maximum absolute atomic E-state index is 12.0. The first-order valence-electron chi connectivity index (χ1n) is 5.72. The molecule has 4 heteroatoms. The summed E-state index contributed by atoms with van der Waals surface area (Å²) in [6, 6.07) is 5.95. The lowest BCUT2D eigenvalue weighted by atomic mass is 10.0. The van der Waals surface area contributed by atoms with E-state index in [1.54, 1.807) is 18.9 Å². The van der Waals surface area contributed by atoms with Crippen LogP contribution < -0.4 is 9.64 Å². The van der Waals surface area contributed by atoms with Gasteiger partial charge in [-0.05, 0) is 42.9 Å². The van der Waals surface area contributed by atoms with Crippen molar-refractivity contribution >= 4 is 23.4 Å². The number of methoxy groups -OCH3 is 1. The summed E-state index contributed by atoms with van der Waals surface area (Å²) < 4.78 is 5.22. The third kappa shape index (κ3) is 2.57. The number of benzene rings is 1. The lowest BCUT2D eigenvalue weighted by Gasteiger charge is -2.29. The molecule has 1 heterocycles. The lowest BCUT2D eigenvalue weighted by molar-refractivity contribution is -0.116. The molecular weight excluding hydrogens is 234 g/mol. The Morgan fingerprint density at radius 2 is 2.35 bits per heavy atom. The highest BCUT2D eigenvalue weighted by Gasteiger charge is 2.22. The summed E-state index contributed by atoms with van der Waals surface area (Å²) >= 11 is 1.57. The van der Waals surface area contributed by atoms with Crippen LogP contribution in [0.5, 0.6) is 5.75 Å². The van der Waals surface area contributed by atoms with Gasteiger partial charge < -0.3 is 9.64 Å². The summed E-state index contributed by atoms with van der Waals surface area (Å²) in [7, 11) is 1.67. The molecule has 0 saturated carbocycles. The van der Waals surface area contributed by atoms with Gasteiger partial charge in [-0.15, -0.1) is 0 Å². The molecule has 92 valence electrons. The van der Waals surface area contributed by atoms with E-state index < -0.39 is 0 Å². The van der Waals surface area contributed by atoms with E-state index in [4.69, 9.17) is 4.74 Å². The number of amides is 1. The van der Waals surface area contributed by atoms with Crippen molar-refractivity contribution in [2.45, 2.75) is 12.8 Å². The van der Waals surface area contributed by atoms with Crippen molar-refractivity contribution in [1.29, 1.82) is 0 Å². The van der Waals surface area contributed by atoms with Crippen LogP contribution in [-0.2, 0) is 11.2 Å². The lowest BCUT2D eigenvalue weighted by Crippen LogP contribution is -2.36. The smallest absolute Gasteiger partial charge is 0.236 e. The Morgan fingerprint density at radius 1 is 1.53 bits per heavy atom. The molecule has 1 aromatic carbocycles.